The Bertz CT molecular complexity index is 535. The number of ether oxygens (including phenoxy) is 1. The highest BCUT2D eigenvalue weighted by Gasteiger charge is 2.28. The minimum absolute atomic E-state index is 0.0943. The maximum atomic E-state index is 12.7. The van der Waals surface area contributed by atoms with Crippen molar-refractivity contribution in [3.05, 3.63) is 28.2 Å². The molecule has 5 heteroatoms. The first-order valence-corrected chi connectivity index (χ1v) is 8.85. The number of amides is 1. The van der Waals surface area contributed by atoms with Crippen LogP contribution in [0.1, 0.15) is 36.0 Å². The van der Waals surface area contributed by atoms with Crippen molar-refractivity contribution in [1.29, 1.82) is 0 Å². The van der Waals surface area contributed by atoms with Crippen LogP contribution in [0.15, 0.2) is 22.7 Å². The van der Waals surface area contributed by atoms with E-state index in [4.69, 9.17) is 4.74 Å². The summed E-state index contributed by atoms with van der Waals surface area (Å²) in [4.78, 5) is 17.3. The molecule has 0 radical (unpaired) electrons. The van der Waals surface area contributed by atoms with Crippen LogP contribution < -0.4 is 4.74 Å². The number of halogens is 1. The highest BCUT2D eigenvalue weighted by atomic mass is 79.9. The first-order valence-electron chi connectivity index (χ1n) is 8.06. The van der Waals surface area contributed by atoms with Gasteiger partial charge in [-0.1, -0.05) is 12.8 Å². The first kappa shape index (κ1) is 15.8. The number of nitrogens with zero attached hydrogens (tertiary/aromatic N) is 2. The van der Waals surface area contributed by atoms with Crippen molar-refractivity contribution in [1.82, 2.24) is 9.80 Å². The molecule has 1 amide bonds. The van der Waals surface area contributed by atoms with Gasteiger partial charge >= 0.3 is 0 Å². The predicted molar refractivity (Wildman–Crippen MR) is 90.4 cm³/mol. The summed E-state index contributed by atoms with van der Waals surface area (Å²) in [6.45, 7) is 3.63. The van der Waals surface area contributed by atoms with E-state index in [1.807, 2.05) is 23.1 Å². The van der Waals surface area contributed by atoms with Crippen molar-refractivity contribution in [2.45, 2.75) is 31.7 Å². The van der Waals surface area contributed by atoms with Crippen LogP contribution >= 0.6 is 15.9 Å². The molecule has 0 atom stereocenters. The molecular formula is C17H23BrN2O2. The van der Waals surface area contributed by atoms with Gasteiger partial charge in [0.2, 0.25) is 0 Å². The van der Waals surface area contributed by atoms with E-state index in [0.717, 1.165) is 42.4 Å². The van der Waals surface area contributed by atoms with Crippen LogP contribution in [0.2, 0.25) is 0 Å². The fourth-order valence-electron chi connectivity index (χ4n) is 3.53. The van der Waals surface area contributed by atoms with Gasteiger partial charge in [0, 0.05) is 36.7 Å². The molecule has 1 aromatic rings. The zero-order valence-electron chi connectivity index (χ0n) is 13.1. The average molecular weight is 367 g/mol. The third-order valence-corrected chi connectivity index (χ3v) is 5.54. The molecule has 4 nitrogen and oxygen atoms in total. The minimum Gasteiger partial charge on any atom is -0.497 e. The fraction of sp³-hybridized carbons (Fsp3) is 0.588. The lowest BCUT2D eigenvalue weighted by Gasteiger charge is -2.38. The Hall–Kier alpha value is -1.07. The maximum absolute atomic E-state index is 12.7. The van der Waals surface area contributed by atoms with E-state index in [9.17, 15) is 4.79 Å². The van der Waals surface area contributed by atoms with Crippen LogP contribution in [0.4, 0.5) is 0 Å². The van der Waals surface area contributed by atoms with Crippen molar-refractivity contribution >= 4 is 21.8 Å². The Kier molecular flexibility index (Phi) is 5.03. The molecular weight excluding hydrogens is 344 g/mol. The highest BCUT2D eigenvalue weighted by Crippen LogP contribution is 2.26. The lowest BCUT2D eigenvalue weighted by molar-refractivity contribution is 0.0572. The average Bonchev–Trinajstić information content (AvgIpc) is 3.09. The number of hydrogen-bond donors (Lipinski definition) is 0. The third-order valence-electron chi connectivity index (χ3n) is 4.85. The van der Waals surface area contributed by atoms with E-state index in [1.54, 1.807) is 7.11 Å². The molecule has 0 unspecified atom stereocenters. The van der Waals surface area contributed by atoms with Gasteiger partial charge in [-0.3, -0.25) is 9.69 Å². The maximum Gasteiger partial charge on any atom is 0.255 e. The Morgan fingerprint density at radius 1 is 1.18 bits per heavy atom. The molecule has 3 rings (SSSR count). The molecule has 22 heavy (non-hydrogen) atoms. The van der Waals surface area contributed by atoms with Gasteiger partial charge in [-0.2, -0.15) is 0 Å². The Labute approximate surface area is 140 Å². The zero-order chi connectivity index (χ0) is 15.5. The Morgan fingerprint density at radius 2 is 1.86 bits per heavy atom. The van der Waals surface area contributed by atoms with Gasteiger partial charge in [0.05, 0.1) is 12.7 Å². The molecule has 2 aliphatic rings. The second kappa shape index (κ2) is 7.01. The van der Waals surface area contributed by atoms with E-state index in [1.165, 1.54) is 25.7 Å². The molecule has 1 aromatic carbocycles. The summed E-state index contributed by atoms with van der Waals surface area (Å²) in [5.74, 6) is 0.813. The number of benzene rings is 1. The van der Waals surface area contributed by atoms with Crippen molar-refractivity contribution in [2.24, 2.45) is 0 Å². The van der Waals surface area contributed by atoms with Gasteiger partial charge in [-0.05, 0) is 47.0 Å². The number of hydrogen-bond acceptors (Lipinski definition) is 3. The van der Waals surface area contributed by atoms with Gasteiger partial charge in [0.1, 0.15) is 5.75 Å². The van der Waals surface area contributed by atoms with Gasteiger partial charge in [-0.15, -0.1) is 0 Å². The van der Waals surface area contributed by atoms with Gasteiger partial charge in [-0.25, -0.2) is 0 Å². The SMILES string of the molecule is COc1ccc(Br)c(C(=O)N2CCN(C3CCCC3)CC2)c1. The number of carbonyl (C=O) groups excluding carboxylic acids is 1. The lowest BCUT2D eigenvalue weighted by atomic mass is 10.1. The van der Waals surface area contributed by atoms with Crippen molar-refractivity contribution in [3.63, 3.8) is 0 Å². The monoisotopic (exact) mass is 366 g/mol. The number of piperazine rings is 1. The van der Waals surface area contributed by atoms with E-state index >= 15 is 0 Å². The fourth-order valence-corrected chi connectivity index (χ4v) is 3.94. The molecule has 1 aliphatic carbocycles. The van der Waals surface area contributed by atoms with Gasteiger partial charge in [0.15, 0.2) is 0 Å². The number of methoxy groups -OCH3 is 1. The Balaban J connectivity index is 1.64. The smallest absolute Gasteiger partial charge is 0.255 e. The lowest BCUT2D eigenvalue weighted by Crippen LogP contribution is -2.51. The molecule has 1 heterocycles. The second-order valence-electron chi connectivity index (χ2n) is 6.11. The van der Waals surface area contributed by atoms with Crippen LogP contribution in [0.3, 0.4) is 0 Å². The number of rotatable bonds is 3. The van der Waals surface area contributed by atoms with Crippen LogP contribution in [0.25, 0.3) is 0 Å². The van der Waals surface area contributed by atoms with E-state index in [-0.39, 0.29) is 5.91 Å². The largest absolute Gasteiger partial charge is 0.497 e. The second-order valence-corrected chi connectivity index (χ2v) is 6.97. The molecule has 0 spiro atoms. The van der Waals surface area contributed by atoms with E-state index in [2.05, 4.69) is 20.8 Å². The molecule has 1 saturated heterocycles. The summed E-state index contributed by atoms with van der Waals surface area (Å²) >= 11 is 3.48. The molecule has 120 valence electrons. The summed E-state index contributed by atoms with van der Waals surface area (Å²) in [6.07, 6.45) is 5.38. The third kappa shape index (κ3) is 3.30. The van der Waals surface area contributed by atoms with Crippen LogP contribution in [0.5, 0.6) is 5.75 Å². The summed E-state index contributed by atoms with van der Waals surface area (Å²) in [6, 6.07) is 6.30. The first-order chi connectivity index (χ1) is 10.7. The summed E-state index contributed by atoms with van der Waals surface area (Å²) in [7, 11) is 1.62. The molecule has 0 aromatic heterocycles. The van der Waals surface area contributed by atoms with Crippen molar-refractivity contribution in [2.75, 3.05) is 33.3 Å². The zero-order valence-corrected chi connectivity index (χ0v) is 14.6. The summed E-state index contributed by atoms with van der Waals surface area (Å²) in [5.41, 5.74) is 0.689. The predicted octanol–water partition coefficient (Wildman–Crippen LogP) is 3.16. The summed E-state index contributed by atoms with van der Waals surface area (Å²) < 4.78 is 6.06. The van der Waals surface area contributed by atoms with Crippen LogP contribution in [-0.4, -0.2) is 55.0 Å². The quantitative estimate of drug-likeness (QED) is 0.823. The van der Waals surface area contributed by atoms with E-state index < -0.39 is 0 Å². The van der Waals surface area contributed by atoms with Crippen LogP contribution in [0, 0.1) is 0 Å². The molecule has 0 N–H and O–H groups in total. The summed E-state index contributed by atoms with van der Waals surface area (Å²) in [5, 5.41) is 0. The van der Waals surface area contributed by atoms with Crippen molar-refractivity contribution in [3.8, 4) is 5.75 Å². The van der Waals surface area contributed by atoms with Gasteiger partial charge < -0.3 is 9.64 Å². The molecule has 0 bridgehead atoms. The van der Waals surface area contributed by atoms with Crippen molar-refractivity contribution < 1.29 is 9.53 Å². The molecule has 1 saturated carbocycles. The van der Waals surface area contributed by atoms with Gasteiger partial charge in [0.25, 0.3) is 5.91 Å². The highest BCUT2D eigenvalue weighted by molar-refractivity contribution is 9.10. The topological polar surface area (TPSA) is 32.8 Å². The normalized spacial score (nSPS) is 20.4. The van der Waals surface area contributed by atoms with E-state index in [0.29, 0.717) is 5.56 Å². The minimum atomic E-state index is 0.0943. The molecule has 1 aliphatic heterocycles. The molecule has 2 fully saturated rings. The number of carbonyl (C=O) groups is 1. The Morgan fingerprint density at radius 3 is 2.50 bits per heavy atom. The standard InChI is InChI=1S/C17H23BrN2O2/c1-22-14-6-7-16(18)15(12-14)17(21)20-10-8-19(9-11-20)13-4-2-3-5-13/h6-7,12-13H,2-5,8-11H2,1H3. The van der Waals surface area contributed by atoms with Crippen LogP contribution in [-0.2, 0) is 0 Å².